The molecule has 0 saturated carbocycles. The van der Waals surface area contributed by atoms with E-state index in [1.807, 2.05) is 32.9 Å². The van der Waals surface area contributed by atoms with Crippen molar-refractivity contribution in [1.29, 1.82) is 0 Å². The van der Waals surface area contributed by atoms with Crippen molar-refractivity contribution in [3.05, 3.63) is 30.1 Å². The van der Waals surface area contributed by atoms with Crippen LogP contribution in [0.1, 0.15) is 20.8 Å². The molecule has 2 rings (SSSR count). The summed E-state index contributed by atoms with van der Waals surface area (Å²) in [5.41, 5.74) is 6.52. The Morgan fingerprint density at radius 2 is 1.75 bits per heavy atom. The summed E-state index contributed by atoms with van der Waals surface area (Å²) >= 11 is 0. The van der Waals surface area contributed by atoms with Crippen LogP contribution < -0.4 is 10.6 Å². The Morgan fingerprint density at radius 3 is 2.30 bits per heavy atom. The van der Waals surface area contributed by atoms with Gasteiger partial charge in [0.15, 0.2) is 5.96 Å². The predicted molar refractivity (Wildman–Crippen MR) is 81.6 cm³/mol. The van der Waals surface area contributed by atoms with E-state index in [2.05, 4.69) is 14.8 Å². The number of halogens is 1. The van der Waals surface area contributed by atoms with E-state index in [9.17, 15) is 4.39 Å². The van der Waals surface area contributed by atoms with Gasteiger partial charge in [-0.3, -0.25) is 0 Å². The van der Waals surface area contributed by atoms with Crippen LogP contribution in [-0.4, -0.2) is 42.6 Å². The average Bonchev–Trinajstić information content (AvgIpc) is 2.37. The lowest BCUT2D eigenvalue weighted by atomic mass is 10.1. The van der Waals surface area contributed by atoms with Crippen LogP contribution >= 0.6 is 0 Å². The molecule has 0 spiro atoms. The molecule has 4 nitrogen and oxygen atoms in total. The van der Waals surface area contributed by atoms with E-state index in [-0.39, 0.29) is 11.4 Å². The highest BCUT2D eigenvalue weighted by molar-refractivity contribution is 5.78. The summed E-state index contributed by atoms with van der Waals surface area (Å²) in [5, 5.41) is 0. The number of hydrogen-bond acceptors (Lipinski definition) is 2. The molecule has 1 aromatic rings. The summed E-state index contributed by atoms with van der Waals surface area (Å²) in [5.74, 6) is 0.406. The minimum Gasteiger partial charge on any atom is -0.370 e. The third kappa shape index (κ3) is 3.62. The highest BCUT2D eigenvalue weighted by Crippen LogP contribution is 2.20. The van der Waals surface area contributed by atoms with Crippen molar-refractivity contribution in [1.82, 2.24) is 4.90 Å². The molecule has 0 atom stereocenters. The molecule has 0 amide bonds. The fourth-order valence-electron chi connectivity index (χ4n) is 2.30. The number of nitrogens with two attached hydrogens (primary N) is 1. The molecule has 5 heteroatoms. The number of benzene rings is 1. The molecule has 0 radical (unpaired) electrons. The van der Waals surface area contributed by atoms with E-state index < -0.39 is 0 Å². The first-order valence-corrected chi connectivity index (χ1v) is 6.96. The summed E-state index contributed by atoms with van der Waals surface area (Å²) in [7, 11) is 0. The fourth-order valence-corrected chi connectivity index (χ4v) is 2.30. The van der Waals surface area contributed by atoms with Gasteiger partial charge in [-0.05, 0) is 32.9 Å². The third-order valence-electron chi connectivity index (χ3n) is 3.25. The van der Waals surface area contributed by atoms with Crippen LogP contribution in [0, 0.1) is 5.82 Å². The molecular weight excluding hydrogens is 255 g/mol. The molecule has 0 aromatic heterocycles. The number of anilines is 1. The van der Waals surface area contributed by atoms with E-state index in [0.717, 1.165) is 26.2 Å². The van der Waals surface area contributed by atoms with Crippen molar-refractivity contribution in [3.8, 4) is 0 Å². The lowest BCUT2D eigenvalue weighted by molar-refractivity contribution is 0.374. The SMILES string of the molecule is CC(C)(C)N=C(N)N1CCN(c2ccccc2F)CC1. The van der Waals surface area contributed by atoms with Gasteiger partial charge in [0, 0.05) is 26.2 Å². The van der Waals surface area contributed by atoms with Gasteiger partial charge in [0.25, 0.3) is 0 Å². The molecule has 1 saturated heterocycles. The van der Waals surface area contributed by atoms with E-state index in [1.54, 1.807) is 6.07 Å². The van der Waals surface area contributed by atoms with Crippen molar-refractivity contribution in [2.24, 2.45) is 10.7 Å². The second kappa shape index (κ2) is 5.69. The van der Waals surface area contributed by atoms with Gasteiger partial charge < -0.3 is 15.5 Å². The first-order chi connectivity index (χ1) is 9.37. The number of aliphatic imine (C=N–C) groups is 1. The molecule has 1 fully saturated rings. The molecule has 0 bridgehead atoms. The third-order valence-corrected chi connectivity index (χ3v) is 3.25. The van der Waals surface area contributed by atoms with E-state index in [1.165, 1.54) is 6.07 Å². The van der Waals surface area contributed by atoms with Crippen LogP contribution in [0.15, 0.2) is 29.3 Å². The van der Waals surface area contributed by atoms with Crippen molar-refractivity contribution >= 4 is 11.6 Å². The zero-order valence-corrected chi connectivity index (χ0v) is 12.4. The lowest BCUT2D eigenvalue weighted by Crippen LogP contribution is -2.51. The van der Waals surface area contributed by atoms with E-state index in [0.29, 0.717) is 11.6 Å². The molecule has 20 heavy (non-hydrogen) atoms. The van der Waals surface area contributed by atoms with Crippen LogP contribution in [0.3, 0.4) is 0 Å². The summed E-state index contributed by atoms with van der Waals surface area (Å²) in [6.07, 6.45) is 0. The largest absolute Gasteiger partial charge is 0.370 e. The number of piperazine rings is 1. The predicted octanol–water partition coefficient (Wildman–Crippen LogP) is 2.06. The number of hydrogen-bond donors (Lipinski definition) is 1. The summed E-state index contributed by atoms with van der Waals surface area (Å²) < 4.78 is 13.7. The average molecular weight is 278 g/mol. The molecule has 2 N–H and O–H groups in total. The monoisotopic (exact) mass is 278 g/mol. The zero-order valence-electron chi connectivity index (χ0n) is 12.4. The van der Waals surface area contributed by atoms with Crippen molar-refractivity contribution in [2.75, 3.05) is 31.1 Å². The Kier molecular flexibility index (Phi) is 4.16. The van der Waals surface area contributed by atoms with Crippen LogP contribution in [0.2, 0.25) is 0 Å². The van der Waals surface area contributed by atoms with Crippen LogP contribution in [0.5, 0.6) is 0 Å². The minimum atomic E-state index is -0.174. The second-order valence-electron chi connectivity index (χ2n) is 6.07. The van der Waals surface area contributed by atoms with Gasteiger partial charge >= 0.3 is 0 Å². The van der Waals surface area contributed by atoms with Crippen LogP contribution in [-0.2, 0) is 0 Å². The summed E-state index contributed by atoms with van der Waals surface area (Å²) in [6, 6.07) is 6.89. The maximum atomic E-state index is 13.7. The highest BCUT2D eigenvalue weighted by atomic mass is 19.1. The second-order valence-corrected chi connectivity index (χ2v) is 6.07. The standard InChI is InChI=1S/C15H23FN4/c1-15(2,3)18-14(17)20-10-8-19(9-11-20)13-7-5-4-6-12(13)16/h4-7H,8-11H2,1-3H3,(H2,17,18). The Bertz CT molecular complexity index is 485. The Morgan fingerprint density at radius 1 is 1.15 bits per heavy atom. The van der Waals surface area contributed by atoms with Crippen LogP contribution in [0.25, 0.3) is 0 Å². The molecule has 110 valence electrons. The van der Waals surface area contributed by atoms with Gasteiger partial charge in [0.05, 0.1) is 11.2 Å². The highest BCUT2D eigenvalue weighted by Gasteiger charge is 2.21. The van der Waals surface area contributed by atoms with Crippen molar-refractivity contribution in [2.45, 2.75) is 26.3 Å². The Labute approximate surface area is 120 Å². The molecule has 0 aliphatic carbocycles. The van der Waals surface area contributed by atoms with Gasteiger partial charge in [-0.2, -0.15) is 0 Å². The van der Waals surface area contributed by atoms with E-state index >= 15 is 0 Å². The normalized spacial score (nSPS) is 17.5. The van der Waals surface area contributed by atoms with Crippen molar-refractivity contribution in [3.63, 3.8) is 0 Å². The first kappa shape index (κ1) is 14.6. The quantitative estimate of drug-likeness (QED) is 0.632. The first-order valence-electron chi connectivity index (χ1n) is 6.96. The van der Waals surface area contributed by atoms with Gasteiger partial charge in [-0.1, -0.05) is 12.1 Å². The van der Waals surface area contributed by atoms with Gasteiger partial charge in [0.1, 0.15) is 5.82 Å². The molecule has 1 aliphatic rings. The van der Waals surface area contributed by atoms with Gasteiger partial charge in [0.2, 0.25) is 0 Å². The van der Waals surface area contributed by atoms with Gasteiger partial charge in [-0.15, -0.1) is 0 Å². The minimum absolute atomic E-state index is 0.169. The maximum Gasteiger partial charge on any atom is 0.191 e. The number of para-hydroxylation sites is 1. The van der Waals surface area contributed by atoms with E-state index in [4.69, 9.17) is 5.73 Å². The Balaban J connectivity index is 2.00. The molecule has 1 heterocycles. The molecule has 1 aliphatic heterocycles. The number of nitrogens with zero attached hydrogens (tertiary/aromatic N) is 3. The smallest absolute Gasteiger partial charge is 0.191 e. The number of guanidine groups is 1. The molecule has 1 aromatic carbocycles. The molecule has 0 unspecified atom stereocenters. The number of rotatable bonds is 1. The summed E-state index contributed by atoms with van der Waals surface area (Å²) in [6.45, 7) is 9.10. The topological polar surface area (TPSA) is 44.9 Å². The van der Waals surface area contributed by atoms with Crippen LogP contribution in [0.4, 0.5) is 10.1 Å². The lowest BCUT2D eigenvalue weighted by Gasteiger charge is -2.37. The Hall–Kier alpha value is -1.78. The fraction of sp³-hybridized carbons (Fsp3) is 0.533. The zero-order chi connectivity index (χ0) is 14.8. The van der Waals surface area contributed by atoms with Gasteiger partial charge in [-0.25, -0.2) is 9.38 Å². The van der Waals surface area contributed by atoms with Crippen molar-refractivity contribution < 1.29 is 4.39 Å². The summed E-state index contributed by atoms with van der Waals surface area (Å²) in [4.78, 5) is 8.59. The maximum absolute atomic E-state index is 13.7. The molecular formula is C15H23FN4.